The standard InChI is InChI=1S/C19H18FNO3S/c1-11(2)7-8-12(3)15-10-25-18(16(15)19(23)24)21-17(22)13-5-4-6-14(20)9-13/h4-10H,1-3H3,(H,21,22)(H,23,24)/b12-8+. The van der Waals surface area contributed by atoms with E-state index < -0.39 is 17.7 Å². The molecule has 2 N–H and O–H groups in total. The lowest BCUT2D eigenvalue weighted by Crippen LogP contribution is -2.14. The number of anilines is 1. The normalized spacial score (nSPS) is 11.1. The third-order valence-corrected chi connectivity index (χ3v) is 4.31. The number of allylic oxidation sites excluding steroid dienone is 4. The maximum atomic E-state index is 13.2. The third-order valence-electron chi connectivity index (χ3n) is 3.41. The zero-order valence-corrected chi connectivity index (χ0v) is 14.9. The second-order valence-corrected chi connectivity index (χ2v) is 6.60. The molecular weight excluding hydrogens is 341 g/mol. The van der Waals surface area contributed by atoms with Gasteiger partial charge < -0.3 is 10.4 Å². The summed E-state index contributed by atoms with van der Waals surface area (Å²) in [6, 6.07) is 5.23. The van der Waals surface area contributed by atoms with E-state index in [2.05, 4.69) is 5.32 Å². The molecular formula is C19H18FNO3S. The number of carbonyl (C=O) groups excluding carboxylic acids is 1. The van der Waals surface area contributed by atoms with Crippen LogP contribution in [0.4, 0.5) is 9.39 Å². The van der Waals surface area contributed by atoms with Gasteiger partial charge in [-0.1, -0.05) is 23.8 Å². The lowest BCUT2D eigenvalue weighted by molar-refractivity contribution is 0.0698. The van der Waals surface area contributed by atoms with Crippen molar-refractivity contribution in [2.75, 3.05) is 5.32 Å². The van der Waals surface area contributed by atoms with Crippen molar-refractivity contribution in [2.24, 2.45) is 0 Å². The first kappa shape index (κ1) is 18.6. The maximum Gasteiger partial charge on any atom is 0.339 e. The number of carboxylic acid groups (broad SMARTS) is 1. The highest BCUT2D eigenvalue weighted by atomic mass is 32.1. The molecule has 0 fully saturated rings. The van der Waals surface area contributed by atoms with Crippen molar-refractivity contribution in [3.63, 3.8) is 0 Å². The van der Waals surface area contributed by atoms with E-state index in [4.69, 9.17) is 0 Å². The molecule has 0 unspecified atom stereocenters. The van der Waals surface area contributed by atoms with E-state index >= 15 is 0 Å². The maximum absolute atomic E-state index is 13.2. The van der Waals surface area contributed by atoms with Gasteiger partial charge in [-0.25, -0.2) is 9.18 Å². The summed E-state index contributed by atoms with van der Waals surface area (Å²) < 4.78 is 13.2. The van der Waals surface area contributed by atoms with Crippen molar-refractivity contribution < 1.29 is 19.1 Å². The van der Waals surface area contributed by atoms with E-state index in [-0.39, 0.29) is 16.1 Å². The molecule has 4 nitrogen and oxygen atoms in total. The number of benzene rings is 1. The van der Waals surface area contributed by atoms with E-state index in [0.29, 0.717) is 5.56 Å². The summed E-state index contributed by atoms with van der Waals surface area (Å²) in [5, 5.41) is 14.0. The quantitative estimate of drug-likeness (QED) is 0.721. The molecule has 1 amide bonds. The van der Waals surface area contributed by atoms with Crippen LogP contribution in [-0.4, -0.2) is 17.0 Å². The number of carboxylic acids is 1. The summed E-state index contributed by atoms with van der Waals surface area (Å²) in [6.07, 6.45) is 3.73. The van der Waals surface area contributed by atoms with Crippen LogP contribution in [0.3, 0.4) is 0 Å². The number of hydrogen-bond donors (Lipinski definition) is 2. The Kier molecular flexibility index (Phi) is 5.88. The monoisotopic (exact) mass is 359 g/mol. The zero-order valence-electron chi connectivity index (χ0n) is 14.1. The lowest BCUT2D eigenvalue weighted by atomic mass is 10.0. The Labute approximate surface area is 149 Å². The summed E-state index contributed by atoms with van der Waals surface area (Å²) in [7, 11) is 0. The van der Waals surface area contributed by atoms with E-state index in [1.807, 2.05) is 32.9 Å². The smallest absolute Gasteiger partial charge is 0.339 e. The largest absolute Gasteiger partial charge is 0.478 e. The highest BCUT2D eigenvalue weighted by Gasteiger charge is 2.21. The van der Waals surface area contributed by atoms with Gasteiger partial charge in [-0.15, -0.1) is 11.3 Å². The molecule has 2 rings (SSSR count). The average Bonchev–Trinajstić information content (AvgIpc) is 2.96. The van der Waals surface area contributed by atoms with Crippen LogP contribution in [0.5, 0.6) is 0 Å². The molecule has 1 heterocycles. The molecule has 0 saturated carbocycles. The molecule has 0 bridgehead atoms. The van der Waals surface area contributed by atoms with Gasteiger partial charge in [-0.3, -0.25) is 4.79 Å². The SMILES string of the molecule is CC(C)=C/C=C(\C)c1csc(NC(=O)c2cccc(F)c2)c1C(=O)O. The molecule has 0 saturated heterocycles. The average molecular weight is 359 g/mol. The van der Waals surface area contributed by atoms with Crippen molar-refractivity contribution in [1.82, 2.24) is 0 Å². The van der Waals surface area contributed by atoms with E-state index in [1.165, 1.54) is 18.2 Å². The van der Waals surface area contributed by atoms with Crippen LogP contribution in [0.1, 0.15) is 47.1 Å². The number of hydrogen-bond acceptors (Lipinski definition) is 3. The predicted molar refractivity (Wildman–Crippen MR) is 98.7 cm³/mol. The molecule has 1 aromatic heterocycles. The van der Waals surface area contributed by atoms with Crippen LogP contribution in [0.2, 0.25) is 0 Å². The van der Waals surface area contributed by atoms with Crippen molar-refractivity contribution >= 4 is 33.8 Å². The molecule has 6 heteroatoms. The number of carbonyl (C=O) groups is 2. The second-order valence-electron chi connectivity index (χ2n) is 5.72. The van der Waals surface area contributed by atoms with Crippen LogP contribution in [0.15, 0.2) is 47.4 Å². The Morgan fingerprint density at radius 1 is 1.20 bits per heavy atom. The molecule has 0 aliphatic heterocycles. The fourth-order valence-corrected chi connectivity index (χ4v) is 3.15. The molecule has 0 radical (unpaired) electrons. The number of aromatic carboxylic acids is 1. The highest BCUT2D eigenvalue weighted by Crippen LogP contribution is 2.33. The van der Waals surface area contributed by atoms with E-state index in [1.54, 1.807) is 5.38 Å². The lowest BCUT2D eigenvalue weighted by Gasteiger charge is -2.06. The molecule has 25 heavy (non-hydrogen) atoms. The summed E-state index contributed by atoms with van der Waals surface area (Å²) in [6.45, 7) is 5.70. The number of amides is 1. The first-order valence-corrected chi connectivity index (χ1v) is 8.41. The number of thiophene rings is 1. The molecule has 130 valence electrons. The minimum Gasteiger partial charge on any atom is -0.478 e. The summed E-state index contributed by atoms with van der Waals surface area (Å²) in [5.74, 6) is -2.21. The second kappa shape index (κ2) is 7.90. The van der Waals surface area contributed by atoms with Gasteiger partial charge in [0.15, 0.2) is 0 Å². The van der Waals surface area contributed by atoms with Crippen molar-refractivity contribution in [1.29, 1.82) is 0 Å². The molecule has 0 spiro atoms. The van der Waals surface area contributed by atoms with Crippen molar-refractivity contribution in [3.8, 4) is 0 Å². The zero-order chi connectivity index (χ0) is 18.6. The summed E-state index contributed by atoms with van der Waals surface area (Å²) >= 11 is 1.13. The Morgan fingerprint density at radius 3 is 2.52 bits per heavy atom. The Hall–Kier alpha value is -2.73. The minimum atomic E-state index is -1.13. The van der Waals surface area contributed by atoms with Gasteiger partial charge in [0.2, 0.25) is 0 Å². The van der Waals surface area contributed by atoms with Gasteiger partial charge in [0.1, 0.15) is 16.4 Å². The highest BCUT2D eigenvalue weighted by molar-refractivity contribution is 7.15. The Balaban J connectivity index is 2.36. The molecule has 0 atom stereocenters. The van der Waals surface area contributed by atoms with Crippen LogP contribution in [0.25, 0.3) is 5.57 Å². The van der Waals surface area contributed by atoms with Crippen LogP contribution in [0, 0.1) is 5.82 Å². The number of halogens is 1. The molecule has 1 aromatic carbocycles. The molecule has 0 aliphatic rings. The summed E-state index contributed by atoms with van der Waals surface area (Å²) in [5.41, 5.74) is 2.57. The van der Waals surface area contributed by atoms with Crippen LogP contribution >= 0.6 is 11.3 Å². The van der Waals surface area contributed by atoms with Crippen LogP contribution in [-0.2, 0) is 0 Å². The fraction of sp³-hybridized carbons (Fsp3) is 0.158. The van der Waals surface area contributed by atoms with Gasteiger partial charge in [0.05, 0.1) is 0 Å². The van der Waals surface area contributed by atoms with Crippen molar-refractivity contribution in [2.45, 2.75) is 20.8 Å². The fourth-order valence-electron chi connectivity index (χ4n) is 2.14. The van der Waals surface area contributed by atoms with Gasteiger partial charge in [0, 0.05) is 16.5 Å². The Morgan fingerprint density at radius 2 is 1.92 bits per heavy atom. The first-order chi connectivity index (χ1) is 11.8. The van der Waals surface area contributed by atoms with Gasteiger partial charge in [-0.2, -0.15) is 0 Å². The summed E-state index contributed by atoms with van der Waals surface area (Å²) in [4.78, 5) is 23.9. The van der Waals surface area contributed by atoms with E-state index in [0.717, 1.165) is 28.5 Å². The first-order valence-electron chi connectivity index (χ1n) is 7.53. The van der Waals surface area contributed by atoms with E-state index in [9.17, 15) is 19.1 Å². The number of rotatable bonds is 5. The predicted octanol–water partition coefficient (Wildman–Crippen LogP) is 5.21. The topological polar surface area (TPSA) is 66.4 Å². The molecule has 2 aromatic rings. The van der Waals surface area contributed by atoms with Crippen molar-refractivity contribution in [3.05, 3.63) is 69.9 Å². The van der Waals surface area contributed by atoms with Gasteiger partial charge in [-0.05, 0) is 44.5 Å². The molecule has 0 aliphatic carbocycles. The third kappa shape index (κ3) is 4.64. The van der Waals surface area contributed by atoms with Gasteiger partial charge >= 0.3 is 5.97 Å². The minimum absolute atomic E-state index is 0.0330. The Bertz CT molecular complexity index is 877. The number of nitrogens with one attached hydrogen (secondary N) is 1. The van der Waals surface area contributed by atoms with Crippen LogP contribution < -0.4 is 5.32 Å². The van der Waals surface area contributed by atoms with Gasteiger partial charge in [0.25, 0.3) is 5.91 Å².